The number of hydrogen-bond acceptors (Lipinski definition) is 5. The molecule has 2 aliphatic heterocycles. The standard InChI is InChI=1S/C13H12N2O5S/c16-11(7-3-4-21(19,20)6-7)14-8-1-2-9-10(5-8)13(18)15-12(9)17/h1-2,5,7H,3-4,6H2,(H,14,16)(H,15,17,18). The smallest absolute Gasteiger partial charge is 0.259 e. The van der Waals surface area contributed by atoms with E-state index in [0.29, 0.717) is 12.1 Å². The maximum atomic E-state index is 12.0. The molecule has 1 aromatic carbocycles. The van der Waals surface area contributed by atoms with Crippen LogP contribution in [0.3, 0.4) is 0 Å². The molecule has 3 amide bonds. The predicted molar refractivity (Wildman–Crippen MR) is 73.6 cm³/mol. The number of anilines is 1. The zero-order valence-corrected chi connectivity index (χ0v) is 11.7. The van der Waals surface area contributed by atoms with E-state index in [1.807, 2.05) is 0 Å². The number of fused-ring (bicyclic) bond motifs is 1. The SMILES string of the molecule is O=C1NC(=O)c2cc(NC(=O)C3CCS(=O)(=O)C3)ccc21. The fourth-order valence-corrected chi connectivity index (χ4v) is 4.23. The Hall–Kier alpha value is -2.22. The van der Waals surface area contributed by atoms with Gasteiger partial charge in [-0.1, -0.05) is 0 Å². The summed E-state index contributed by atoms with van der Waals surface area (Å²) in [7, 11) is -3.13. The normalized spacial score (nSPS) is 22.8. The van der Waals surface area contributed by atoms with Crippen LogP contribution in [0.2, 0.25) is 0 Å². The van der Waals surface area contributed by atoms with Crippen LogP contribution < -0.4 is 10.6 Å². The monoisotopic (exact) mass is 308 g/mol. The van der Waals surface area contributed by atoms with Gasteiger partial charge >= 0.3 is 0 Å². The number of nitrogens with one attached hydrogen (secondary N) is 2. The summed E-state index contributed by atoms with van der Waals surface area (Å²) in [5, 5.41) is 4.75. The summed E-state index contributed by atoms with van der Waals surface area (Å²) >= 11 is 0. The molecular weight excluding hydrogens is 296 g/mol. The van der Waals surface area contributed by atoms with E-state index in [1.165, 1.54) is 18.2 Å². The molecule has 3 rings (SSSR count). The first-order chi connectivity index (χ1) is 9.85. The number of sulfone groups is 1. The maximum Gasteiger partial charge on any atom is 0.259 e. The van der Waals surface area contributed by atoms with Crippen molar-refractivity contribution in [2.45, 2.75) is 6.42 Å². The van der Waals surface area contributed by atoms with Crippen LogP contribution in [0.5, 0.6) is 0 Å². The summed E-state index contributed by atoms with van der Waals surface area (Å²) < 4.78 is 22.7. The highest BCUT2D eigenvalue weighted by Gasteiger charge is 2.33. The summed E-state index contributed by atoms with van der Waals surface area (Å²) in [5.41, 5.74) is 0.839. The zero-order valence-electron chi connectivity index (χ0n) is 10.9. The summed E-state index contributed by atoms with van der Waals surface area (Å²) in [6.07, 6.45) is 0.304. The second kappa shape index (κ2) is 4.66. The van der Waals surface area contributed by atoms with E-state index in [-0.39, 0.29) is 28.5 Å². The van der Waals surface area contributed by atoms with E-state index >= 15 is 0 Å². The highest BCUT2D eigenvalue weighted by molar-refractivity contribution is 7.91. The van der Waals surface area contributed by atoms with Crippen LogP contribution in [-0.4, -0.2) is 37.6 Å². The third-order valence-corrected chi connectivity index (χ3v) is 5.37. The molecule has 1 unspecified atom stereocenters. The lowest BCUT2D eigenvalue weighted by Gasteiger charge is -2.10. The summed E-state index contributed by atoms with van der Waals surface area (Å²) in [6, 6.07) is 4.38. The first-order valence-electron chi connectivity index (χ1n) is 6.37. The molecule has 2 N–H and O–H groups in total. The fraction of sp³-hybridized carbons (Fsp3) is 0.308. The van der Waals surface area contributed by atoms with E-state index < -0.39 is 27.6 Å². The summed E-state index contributed by atoms with van der Waals surface area (Å²) in [5.74, 6) is -2.06. The van der Waals surface area contributed by atoms with Crippen molar-refractivity contribution in [3.8, 4) is 0 Å². The van der Waals surface area contributed by atoms with E-state index in [0.717, 1.165) is 0 Å². The Labute approximate surface area is 120 Å². The van der Waals surface area contributed by atoms with Crippen LogP contribution in [-0.2, 0) is 14.6 Å². The van der Waals surface area contributed by atoms with Gasteiger partial charge in [-0.15, -0.1) is 0 Å². The van der Waals surface area contributed by atoms with E-state index in [2.05, 4.69) is 10.6 Å². The predicted octanol–water partition coefficient (Wildman–Crippen LogP) is -0.0566. The van der Waals surface area contributed by atoms with Crippen LogP contribution >= 0.6 is 0 Å². The number of carbonyl (C=O) groups is 3. The lowest BCUT2D eigenvalue weighted by Crippen LogP contribution is -2.23. The molecule has 0 aromatic heterocycles. The maximum absolute atomic E-state index is 12.0. The van der Waals surface area contributed by atoms with Crippen molar-refractivity contribution in [2.75, 3.05) is 16.8 Å². The second-order valence-electron chi connectivity index (χ2n) is 5.13. The minimum Gasteiger partial charge on any atom is -0.326 e. The number of amides is 3. The molecule has 0 spiro atoms. The molecule has 21 heavy (non-hydrogen) atoms. The molecule has 0 saturated carbocycles. The highest BCUT2D eigenvalue weighted by Crippen LogP contribution is 2.23. The molecule has 0 radical (unpaired) electrons. The fourth-order valence-electron chi connectivity index (χ4n) is 2.49. The minimum atomic E-state index is -3.13. The molecule has 2 heterocycles. The second-order valence-corrected chi connectivity index (χ2v) is 7.36. The largest absolute Gasteiger partial charge is 0.326 e. The molecule has 110 valence electrons. The van der Waals surface area contributed by atoms with Crippen molar-refractivity contribution in [3.05, 3.63) is 29.3 Å². The number of carbonyl (C=O) groups excluding carboxylic acids is 3. The van der Waals surface area contributed by atoms with Gasteiger partial charge in [0.1, 0.15) is 0 Å². The van der Waals surface area contributed by atoms with Gasteiger partial charge < -0.3 is 5.32 Å². The molecule has 8 heteroatoms. The third-order valence-electron chi connectivity index (χ3n) is 3.61. The van der Waals surface area contributed by atoms with Crippen LogP contribution in [0.15, 0.2) is 18.2 Å². The van der Waals surface area contributed by atoms with Gasteiger partial charge in [-0.25, -0.2) is 8.42 Å². The topological polar surface area (TPSA) is 109 Å². The summed E-state index contributed by atoms with van der Waals surface area (Å²) in [4.78, 5) is 34.9. The first-order valence-corrected chi connectivity index (χ1v) is 8.19. The Morgan fingerprint density at radius 3 is 2.57 bits per heavy atom. The van der Waals surface area contributed by atoms with Crippen LogP contribution in [0.1, 0.15) is 27.1 Å². The third kappa shape index (κ3) is 2.54. The van der Waals surface area contributed by atoms with Gasteiger partial charge in [0.15, 0.2) is 9.84 Å². The number of benzene rings is 1. The Balaban J connectivity index is 1.78. The molecule has 1 atom stereocenters. The Kier molecular flexibility index (Phi) is 3.05. The van der Waals surface area contributed by atoms with Crippen LogP contribution in [0.25, 0.3) is 0 Å². The van der Waals surface area contributed by atoms with Gasteiger partial charge in [0, 0.05) is 5.69 Å². The van der Waals surface area contributed by atoms with E-state index in [9.17, 15) is 22.8 Å². The molecular formula is C13H12N2O5S. The molecule has 0 bridgehead atoms. The van der Waals surface area contributed by atoms with Crippen LogP contribution in [0, 0.1) is 5.92 Å². The Morgan fingerprint density at radius 1 is 1.19 bits per heavy atom. The Bertz CT molecular complexity index is 769. The van der Waals surface area contributed by atoms with Gasteiger partial charge in [-0.2, -0.15) is 0 Å². The average molecular weight is 308 g/mol. The van der Waals surface area contributed by atoms with Crippen molar-refractivity contribution in [1.29, 1.82) is 0 Å². The van der Waals surface area contributed by atoms with Crippen LogP contribution in [0.4, 0.5) is 5.69 Å². The van der Waals surface area contributed by atoms with Crippen molar-refractivity contribution < 1.29 is 22.8 Å². The van der Waals surface area contributed by atoms with E-state index in [1.54, 1.807) is 0 Å². The van der Waals surface area contributed by atoms with Crippen molar-refractivity contribution in [1.82, 2.24) is 5.32 Å². The molecule has 1 aromatic rings. The van der Waals surface area contributed by atoms with Crippen molar-refractivity contribution in [2.24, 2.45) is 5.92 Å². The van der Waals surface area contributed by atoms with Gasteiger partial charge in [-0.05, 0) is 24.6 Å². The first kappa shape index (κ1) is 13.7. The molecule has 2 aliphatic rings. The molecule has 7 nitrogen and oxygen atoms in total. The van der Waals surface area contributed by atoms with E-state index in [4.69, 9.17) is 0 Å². The van der Waals surface area contributed by atoms with Gasteiger partial charge in [0.2, 0.25) is 5.91 Å². The van der Waals surface area contributed by atoms with Crippen molar-refractivity contribution in [3.63, 3.8) is 0 Å². The van der Waals surface area contributed by atoms with Gasteiger partial charge in [0.25, 0.3) is 11.8 Å². The van der Waals surface area contributed by atoms with Gasteiger partial charge in [0.05, 0.1) is 28.6 Å². The average Bonchev–Trinajstić information content (AvgIpc) is 2.91. The number of imide groups is 1. The minimum absolute atomic E-state index is 0.0200. The lowest BCUT2D eigenvalue weighted by atomic mass is 10.1. The Morgan fingerprint density at radius 2 is 1.90 bits per heavy atom. The highest BCUT2D eigenvalue weighted by atomic mass is 32.2. The summed E-state index contributed by atoms with van der Waals surface area (Å²) in [6.45, 7) is 0. The molecule has 1 saturated heterocycles. The number of hydrogen-bond donors (Lipinski definition) is 2. The van der Waals surface area contributed by atoms with Gasteiger partial charge in [-0.3, -0.25) is 19.7 Å². The lowest BCUT2D eigenvalue weighted by molar-refractivity contribution is -0.119. The molecule has 1 fully saturated rings. The zero-order chi connectivity index (χ0) is 15.2. The quantitative estimate of drug-likeness (QED) is 0.744. The van der Waals surface area contributed by atoms with Crippen molar-refractivity contribution >= 4 is 33.2 Å². The molecule has 0 aliphatic carbocycles. The number of rotatable bonds is 2.